The Morgan fingerprint density at radius 1 is 1.27 bits per heavy atom. The zero-order chi connectivity index (χ0) is 15.9. The molecule has 1 heterocycles. The average Bonchev–Trinajstić information content (AvgIpc) is 2.55. The number of carbonyl (C=O) groups excluding carboxylic acids is 1. The molecule has 0 radical (unpaired) electrons. The van der Waals surface area contributed by atoms with Crippen molar-refractivity contribution < 1.29 is 4.79 Å². The Morgan fingerprint density at radius 3 is 2.77 bits per heavy atom. The summed E-state index contributed by atoms with van der Waals surface area (Å²) in [7, 11) is 0. The van der Waals surface area contributed by atoms with Crippen LogP contribution in [-0.2, 0) is 11.3 Å². The number of nitrogens with zero attached hydrogens (tertiary/aromatic N) is 2. The fourth-order valence-corrected chi connectivity index (χ4v) is 2.07. The Morgan fingerprint density at radius 2 is 2.09 bits per heavy atom. The lowest BCUT2D eigenvalue weighted by atomic mass is 10.1. The minimum Gasteiger partial charge on any atom is -0.346 e. The van der Waals surface area contributed by atoms with E-state index in [0.717, 1.165) is 0 Å². The van der Waals surface area contributed by atoms with E-state index in [0.29, 0.717) is 21.3 Å². The van der Waals surface area contributed by atoms with Crippen molar-refractivity contribution in [3.05, 3.63) is 69.5 Å². The zero-order valence-electron chi connectivity index (χ0n) is 11.4. The first-order valence-electron chi connectivity index (χ1n) is 6.35. The number of halogens is 2. The number of nitriles is 1. The van der Waals surface area contributed by atoms with Gasteiger partial charge in [0.15, 0.2) is 0 Å². The standard InChI is InChI=1S/C16H11Cl2N3O/c17-14-6-3-4-11(15(14)18)8-12(9-19)16(22)21-10-13-5-1-2-7-20-13/h1-8H,10H2,(H,21,22)/b12-8-. The van der Waals surface area contributed by atoms with Crippen LogP contribution in [0, 0.1) is 11.3 Å². The Kier molecular flexibility index (Phi) is 5.54. The minimum absolute atomic E-state index is 0.0555. The lowest BCUT2D eigenvalue weighted by Gasteiger charge is -2.05. The molecule has 0 unspecified atom stereocenters. The quantitative estimate of drug-likeness (QED) is 0.687. The molecule has 0 aliphatic heterocycles. The summed E-state index contributed by atoms with van der Waals surface area (Å²) >= 11 is 12.0. The molecule has 1 N–H and O–H groups in total. The number of amides is 1. The van der Waals surface area contributed by atoms with Gasteiger partial charge in [-0.2, -0.15) is 5.26 Å². The lowest BCUT2D eigenvalue weighted by Crippen LogP contribution is -2.24. The van der Waals surface area contributed by atoms with Crippen LogP contribution in [0.4, 0.5) is 0 Å². The summed E-state index contributed by atoms with van der Waals surface area (Å²) in [5, 5.41) is 12.4. The van der Waals surface area contributed by atoms with E-state index in [1.165, 1.54) is 6.08 Å². The molecular formula is C16H11Cl2N3O. The van der Waals surface area contributed by atoms with Gasteiger partial charge in [-0.3, -0.25) is 9.78 Å². The molecule has 1 aromatic carbocycles. The van der Waals surface area contributed by atoms with Gasteiger partial charge in [-0.15, -0.1) is 0 Å². The maximum absolute atomic E-state index is 12.0. The highest BCUT2D eigenvalue weighted by atomic mass is 35.5. The second-order valence-corrected chi connectivity index (χ2v) is 5.10. The van der Waals surface area contributed by atoms with E-state index in [9.17, 15) is 4.79 Å². The zero-order valence-corrected chi connectivity index (χ0v) is 12.9. The van der Waals surface area contributed by atoms with Gasteiger partial charge in [-0.25, -0.2) is 0 Å². The van der Waals surface area contributed by atoms with Gasteiger partial charge >= 0.3 is 0 Å². The third-order valence-corrected chi connectivity index (χ3v) is 3.64. The number of hydrogen-bond acceptors (Lipinski definition) is 3. The van der Waals surface area contributed by atoms with Gasteiger partial charge in [-0.05, 0) is 29.8 Å². The molecule has 0 bridgehead atoms. The van der Waals surface area contributed by atoms with Gasteiger partial charge in [-0.1, -0.05) is 41.4 Å². The van der Waals surface area contributed by atoms with Crippen LogP contribution in [0.2, 0.25) is 10.0 Å². The van der Waals surface area contributed by atoms with Gasteiger partial charge in [0, 0.05) is 6.20 Å². The number of rotatable bonds is 4. The lowest BCUT2D eigenvalue weighted by molar-refractivity contribution is -0.117. The Bertz CT molecular complexity index is 752. The number of hydrogen-bond donors (Lipinski definition) is 1. The second-order valence-electron chi connectivity index (χ2n) is 4.32. The molecule has 2 rings (SSSR count). The second kappa shape index (κ2) is 7.60. The fraction of sp³-hybridized carbons (Fsp3) is 0.0625. The fourth-order valence-electron chi connectivity index (χ4n) is 1.70. The number of carbonyl (C=O) groups is 1. The predicted octanol–water partition coefficient (Wildman–Crippen LogP) is 3.61. The highest BCUT2D eigenvalue weighted by molar-refractivity contribution is 6.43. The van der Waals surface area contributed by atoms with Crippen LogP contribution in [0.25, 0.3) is 6.08 Å². The summed E-state index contributed by atoms with van der Waals surface area (Å²) < 4.78 is 0. The summed E-state index contributed by atoms with van der Waals surface area (Å²) in [5.74, 6) is -0.496. The molecule has 0 spiro atoms. The smallest absolute Gasteiger partial charge is 0.262 e. The molecule has 1 amide bonds. The van der Waals surface area contributed by atoms with Crippen LogP contribution in [0.3, 0.4) is 0 Å². The van der Waals surface area contributed by atoms with Crippen LogP contribution in [0.1, 0.15) is 11.3 Å². The van der Waals surface area contributed by atoms with Gasteiger partial charge in [0.05, 0.1) is 22.3 Å². The minimum atomic E-state index is -0.496. The van der Waals surface area contributed by atoms with Gasteiger partial charge in [0.25, 0.3) is 5.91 Å². The normalized spacial score (nSPS) is 10.9. The summed E-state index contributed by atoms with van der Waals surface area (Å²) in [5.41, 5.74) is 1.16. The summed E-state index contributed by atoms with van der Waals surface area (Å²) in [4.78, 5) is 16.1. The van der Waals surface area contributed by atoms with Crippen LogP contribution in [0.5, 0.6) is 0 Å². The van der Waals surface area contributed by atoms with Crippen molar-refractivity contribution in [2.45, 2.75) is 6.54 Å². The number of pyridine rings is 1. The molecule has 110 valence electrons. The van der Waals surface area contributed by atoms with E-state index in [1.807, 2.05) is 12.1 Å². The largest absolute Gasteiger partial charge is 0.346 e. The van der Waals surface area contributed by atoms with E-state index in [-0.39, 0.29) is 12.1 Å². The third kappa shape index (κ3) is 4.08. The van der Waals surface area contributed by atoms with Crippen LogP contribution in [-0.4, -0.2) is 10.9 Å². The molecule has 22 heavy (non-hydrogen) atoms. The molecule has 4 nitrogen and oxygen atoms in total. The van der Waals surface area contributed by atoms with Crippen molar-refractivity contribution >= 4 is 35.2 Å². The maximum atomic E-state index is 12.0. The van der Waals surface area contributed by atoms with Crippen molar-refractivity contribution in [2.24, 2.45) is 0 Å². The Hall–Kier alpha value is -2.35. The van der Waals surface area contributed by atoms with Crippen LogP contribution >= 0.6 is 23.2 Å². The summed E-state index contributed by atoms with van der Waals surface area (Å²) in [6.07, 6.45) is 3.04. The molecular weight excluding hydrogens is 321 g/mol. The molecule has 6 heteroatoms. The molecule has 0 aliphatic rings. The van der Waals surface area contributed by atoms with E-state index >= 15 is 0 Å². The van der Waals surface area contributed by atoms with E-state index in [2.05, 4.69) is 10.3 Å². The SMILES string of the molecule is N#C/C(=C/c1cccc(Cl)c1Cl)C(=O)NCc1ccccn1. The molecule has 0 aliphatic carbocycles. The number of benzene rings is 1. The molecule has 0 saturated carbocycles. The number of aromatic nitrogens is 1. The van der Waals surface area contributed by atoms with Crippen molar-refractivity contribution in [1.82, 2.24) is 10.3 Å². The molecule has 2 aromatic rings. The van der Waals surface area contributed by atoms with Crippen molar-refractivity contribution in [3.63, 3.8) is 0 Å². The first-order valence-corrected chi connectivity index (χ1v) is 7.11. The molecule has 0 atom stereocenters. The topological polar surface area (TPSA) is 65.8 Å². The summed E-state index contributed by atoms with van der Waals surface area (Å²) in [6.45, 7) is 0.238. The Balaban J connectivity index is 2.14. The molecule has 0 saturated heterocycles. The summed E-state index contributed by atoms with van der Waals surface area (Å²) in [6, 6.07) is 12.3. The van der Waals surface area contributed by atoms with Crippen LogP contribution < -0.4 is 5.32 Å². The first kappa shape index (κ1) is 16.0. The third-order valence-electron chi connectivity index (χ3n) is 2.80. The average molecular weight is 332 g/mol. The van der Waals surface area contributed by atoms with Crippen molar-refractivity contribution in [1.29, 1.82) is 5.26 Å². The predicted molar refractivity (Wildman–Crippen MR) is 86.1 cm³/mol. The number of nitrogens with one attached hydrogen (secondary N) is 1. The first-order chi connectivity index (χ1) is 10.6. The van der Waals surface area contributed by atoms with Gasteiger partial charge < -0.3 is 5.32 Å². The van der Waals surface area contributed by atoms with Crippen molar-refractivity contribution in [3.8, 4) is 6.07 Å². The highest BCUT2D eigenvalue weighted by Gasteiger charge is 2.11. The monoisotopic (exact) mass is 331 g/mol. The van der Waals surface area contributed by atoms with E-state index < -0.39 is 5.91 Å². The van der Waals surface area contributed by atoms with Crippen molar-refractivity contribution in [2.75, 3.05) is 0 Å². The highest BCUT2D eigenvalue weighted by Crippen LogP contribution is 2.27. The molecule has 1 aromatic heterocycles. The van der Waals surface area contributed by atoms with Gasteiger partial charge in [0.2, 0.25) is 0 Å². The Labute approximate surface area is 138 Å². The van der Waals surface area contributed by atoms with Gasteiger partial charge in [0.1, 0.15) is 11.6 Å². The maximum Gasteiger partial charge on any atom is 0.262 e. The van der Waals surface area contributed by atoms with E-state index in [1.54, 1.807) is 36.5 Å². The molecule has 0 fully saturated rings. The van der Waals surface area contributed by atoms with Crippen LogP contribution in [0.15, 0.2) is 48.2 Å². The van der Waals surface area contributed by atoms with E-state index in [4.69, 9.17) is 28.5 Å².